The highest BCUT2D eigenvalue weighted by molar-refractivity contribution is 6.30. The van der Waals surface area contributed by atoms with Gasteiger partial charge in [-0.2, -0.15) is 0 Å². The van der Waals surface area contributed by atoms with E-state index in [1.165, 1.54) is 0 Å². The van der Waals surface area contributed by atoms with E-state index < -0.39 is 5.92 Å². The molecule has 0 saturated carbocycles. The number of likely N-dealkylation sites (tertiary alicyclic amines) is 1. The Morgan fingerprint density at radius 1 is 1.29 bits per heavy atom. The first-order valence-corrected chi connectivity index (χ1v) is 10.4. The molecule has 2 aromatic rings. The lowest BCUT2D eigenvalue weighted by molar-refractivity contribution is -0.128. The smallest absolute Gasteiger partial charge is 0.226 e. The van der Waals surface area contributed by atoms with Gasteiger partial charge in [-0.25, -0.2) is 0 Å². The lowest BCUT2D eigenvalue weighted by atomic mass is 9.93. The summed E-state index contributed by atoms with van der Waals surface area (Å²) in [4.78, 5) is 27.1. The van der Waals surface area contributed by atoms with Gasteiger partial charge in [0.1, 0.15) is 0 Å². The van der Waals surface area contributed by atoms with Crippen LogP contribution >= 0.6 is 11.6 Å². The molecule has 7 heteroatoms. The number of rotatable bonds is 8. The van der Waals surface area contributed by atoms with Crippen molar-refractivity contribution in [1.29, 1.82) is 0 Å². The Bertz CT molecular complexity index is 992. The third-order valence-electron chi connectivity index (χ3n) is 5.56. The number of hydrogen-bond donors (Lipinski definition) is 1. The van der Waals surface area contributed by atoms with Gasteiger partial charge in [0.15, 0.2) is 11.5 Å². The lowest BCUT2D eigenvalue weighted by Gasteiger charge is -2.25. The average molecular weight is 443 g/mol. The van der Waals surface area contributed by atoms with Crippen LogP contribution in [0.1, 0.15) is 29.2 Å². The van der Waals surface area contributed by atoms with Gasteiger partial charge in [0.2, 0.25) is 11.8 Å². The molecule has 0 radical (unpaired) electrons. The fourth-order valence-electron chi connectivity index (χ4n) is 4.09. The van der Waals surface area contributed by atoms with Crippen molar-refractivity contribution in [3.63, 3.8) is 0 Å². The molecule has 0 spiro atoms. The zero-order chi connectivity index (χ0) is 22.5. The van der Waals surface area contributed by atoms with Gasteiger partial charge in [0, 0.05) is 30.6 Å². The van der Waals surface area contributed by atoms with Crippen LogP contribution in [0.5, 0.6) is 11.5 Å². The number of amides is 2. The fourth-order valence-corrected chi connectivity index (χ4v) is 4.29. The Hall–Kier alpha value is -2.99. The quantitative estimate of drug-likeness (QED) is 0.629. The van der Waals surface area contributed by atoms with E-state index in [1.807, 2.05) is 24.3 Å². The largest absolute Gasteiger partial charge is 0.493 e. The molecule has 1 aliphatic rings. The van der Waals surface area contributed by atoms with Gasteiger partial charge >= 0.3 is 0 Å². The highest BCUT2D eigenvalue weighted by Crippen LogP contribution is 2.38. The number of benzene rings is 2. The molecule has 2 amide bonds. The number of carbonyl (C=O) groups excluding carboxylic acids is 2. The molecular weight excluding hydrogens is 416 g/mol. The molecule has 2 atom stereocenters. The summed E-state index contributed by atoms with van der Waals surface area (Å²) >= 11 is 6.14. The van der Waals surface area contributed by atoms with E-state index >= 15 is 0 Å². The molecule has 2 unspecified atom stereocenters. The van der Waals surface area contributed by atoms with E-state index in [0.717, 1.165) is 16.7 Å². The van der Waals surface area contributed by atoms with Gasteiger partial charge in [-0.1, -0.05) is 29.8 Å². The second kappa shape index (κ2) is 9.88. The van der Waals surface area contributed by atoms with E-state index in [2.05, 4.69) is 11.9 Å². The van der Waals surface area contributed by atoms with Crippen molar-refractivity contribution in [2.75, 3.05) is 21.3 Å². The summed E-state index contributed by atoms with van der Waals surface area (Å²) in [5.74, 6) is 0.510. The molecule has 2 aromatic carbocycles. The van der Waals surface area contributed by atoms with E-state index in [1.54, 1.807) is 44.4 Å². The molecule has 1 fully saturated rings. The van der Waals surface area contributed by atoms with Crippen molar-refractivity contribution >= 4 is 23.4 Å². The number of ether oxygens (including phenoxy) is 2. The molecule has 0 bridgehead atoms. The third kappa shape index (κ3) is 4.85. The van der Waals surface area contributed by atoms with E-state index in [4.69, 9.17) is 21.1 Å². The number of allylic oxidation sites excluding steroid dienone is 1. The van der Waals surface area contributed by atoms with Crippen molar-refractivity contribution in [2.45, 2.75) is 25.4 Å². The van der Waals surface area contributed by atoms with E-state index in [0.29, 0.717) is 29.5 Å². The second-order valence-electron chi connectivity index (χ2n) is 7.52. The zero-order valence-electron chi connectivity index (χ0n) is 18.0. The van der Waals surface area contributed by atoms with Crippen LogP contribution in [-0.4, -0.2) is 38.0 Å². The van der Waals surface area contributed by atoms with Crippen molar-refractivity contribution in [3.05, 3.63) is 70.8 Å². The third-order valence-corrected chi connectivity index (χ3v) is 5.79. The van der Waals surface area contributed by atoms with Gasteiger partial charge in [-0.05, 0) is 41.8 Å². The Morgan fingerprint density at radius 2 is 2.06 bits per heavy atom. The molecule has 3 rings (SSSR count). The minimum atomic E-state index is -0.497. The van der Waals surface area contributed by atoms with Gasteiger partial charge in [0.25, 0.3) is 0 Å². The highest BCUT2D eigenvalue weighted by atomic mass is 35.5. The van der Waals surface area contributed by atoms with Crippen LogP contribution in [0.3, 0.4) is 0 Å². The minimum Gasteiger partial charge on any atom is -0.493 e. The molecular formula is C24H27ClN2O4. The number of nitrogens with zero attached hydrogens (tertiary/aromatic N) is 1. The Kier molecular flexibility index (Phi) is 7.23. The van der Waals surface area contributed by atoms with Crippen molar-refractivity contribution in [2.24, 2.45) is 5.92 Å². The molecule has 31 heavy (non-hydrogen) atoms. The second-order valence-corrected chi connectivity index (χ2v) is 7.95. The average Bonchev–Trinajstić information content (AvgIpc) is 3.06. The first kappa shape index (κ1) is 22.7. The molecule has 6 nitrogen and oxygen atoms in total. The lowest BCUT2D eigenvalue weighted by Crippen LogP contribution is -2.34. The fraction of sp³-hybridized carbons (Fsp3) is 0.333. The number of nitrogens with one attached hydrogen (secondary N) is 1. The zero-order valence-corrected chi connectivity index (χ0v) is 18.7. The number of hydrogen-bond acceptors (Lipinski definition) is 4. The van der Waals surface area contributed by atoms with Crippen LogP contribution in [0, 0.1) is 5.92 Å². The van der Waals surface area contributed by atoms with Gasteiger partial charge in [-0.3, -0.25) is 9.59 Å². The summed E-state index contributed by atoms with van der Waals surface area (Å²) in [5.41, 5.74) is 2.65. The summed E-state index contributed by atoms with van der Waals surface area (Å²) in [6.45, 7) is 4.09. The van der Waals surface area contributed by atoms with Crippen LogP contribution in [-0.2, 0) is 22.6 Å². The summed E-state index contributed by atoms with van der Waals surface area (Å²) in [6, 6.07) is 10.7. The minimum absolute atomic E-state index is 0.0653. The van der Waals surface area contributed by atoms with Crippen LogP contribution in [0.15, 0.2) is 49.1 Å². The van der Waals surface area contributed by atoms with Crippen LogP contribution in [0.2, 0.25) is 5.02 Å². The normalized spacial score (nSPS) is 18.1. The maximum Gasteiger partial charge on any atom is 0.226 e. The summed E-state index contributed by atoms with van der Waals surface area (Å²) in [5, 5.41) is 3.56. The summed E-state index contributed by atoms with van der Waals surface area (Å²) < 4.78 is 10.9. The predicted octanol–water partition coefficient (Wildman–Crippen LogP) is 3.92. The standard InChI is InChI=1S/C24H27ClN2O4/c1-5-7-17-10-15(11-20(30-3)23(17)31-4)14-26-24(29)19-13-21(28)27(2)22(19)16-8-6-9-18(25)12-16/h5-6,8-12,19,22H,1,7,13-14H2,2-4H3,(H,26,29). The first-order valence-electron chi connectivity index (χ1n) is 10.0. The van der Waals surface area contributed by atoms with Gasteiger partial charge in [-0.15, -0.1) is 6.58 Å². The van der Waals surface area contributed by atoms with E-state index in [9.17, 15) is 9.59 Å². The first-order chi connectivity index (χ1) is 14.9. The maximum absolute atomic E-state index is 13.1. The van der Waals surface area contributed by atoms with Crippen molar-refractivity contribution in [3.8, 4) is 11.5 Å². The molecule has 1 aliphatic heterocycles. The molecule has 0 aliphatic carbocycles. The van der Waals surface area contributed by atoms with Crippen LogP contribution in [0.25, 0.3) is 0 Å². The summed E-state index contributed by atoms with van der Waals surface area (Å²) in [7, 11) is 4.89. The van der Waals surface area contributed by atoms with Crippen molar-refractivity contribution < 1.29 is 19.1 Å². The van der Waals surface area contributed by atoms with Gasteiger partial charge < -0.3 is 19.7 Å². The number of methoxy groups -OCH3 is 2. The summed E-state index contributed by atoms with van der Waals surface area (Å²) in [6.07, 6.45) is 2.56. The van der Waals surface area contributed by atoms with Crippen LogP contribution < -0.4 is 14.8 Å². The molecule has 1 saturated heterocycles. The molecule has 164 valence electrons. The van der Waals surface area contributed by atoms with Crippen molar-refractivity contribution in [1.82, 2.24) is 10.2 Å². The van der Waals surface area contributed by atoms with Gasteiger partial charge in [0.05, 0.1) is 26.2 Å². The number of carbonyl (C=O) groups is 2. The Labute approximate surface area is 187 Å². The number of halogens is 1. The SMILES string of the molecule is C=CCc1cc(CNC(=O)C2CC(=O)N(C)C2c2cccc(Cl)c2)cc(OC)c1OC. The Balaban J connectivity index is 1.80. The highest BCUT2D eigenvalue weighted by Gasteiger charge is 2.42. The predicted molar refractivity (Wildman–Crippen MR) is 120 cm³/mol. The van der Waals surface area contributed by atoms with Crippen LogP contribution in [0.4, 0.5) is 0 Å². The monoisotopic (exact) mass is 442 g/mol. The topological polar surface area (TPSA) is 67.9 Å². The van der Waals surface area contributed by atoms with E-state index in [-0.39, 0.29) is 24.3 Å². The Morgan fingerprint density at radius 3 is 2.71 bits per heavy atom. The molecule has 1 heterocycles. The molecule has 0 aromatic heterocycles. The maximum atomic E-state index is 13.1. The molecule has 1 N–H and O–H groups in total.